The Morgan fingerprint density at radius 2 is 2.24 bits per heavy atom. The summed E-state index contributed by atoms with van der Waals surface area (Å²) in [5.41, 5.74) is 3.90. The van der Waals surface area contributed by atoms with Crippen LogP contribution in [-0.2, 0) is 0 Å². The van der Waals surface area contributed by atoms with Crippen molar-refractivity contribution < 1.29 is 0 Å². The second-order valence-corrected chi connectivity index (χ2v) is 5.76. The molecule has 0 saturated carbocycles. The first kappa shape index (κ1) is 12.5. The number of benzene rings is 1. The second kappa shape index (κ2) is 5.13. The van der Waals surface area contributed by atoms with Crippen LogP contribution >= 0.6 is 11.8 Å². The summed E-state index contributed by atoms with van der Waals surface area (Å²) in [5, 5.41) is 8.69. The summed E-state index contributed by atoms with van der Waals surface area (Å²) in [5.74, 6) is 1.59. The highest BCUT2D eigenvalue weighted by Gasteiger charge is 2.23. The van der Waals surface area contributed by atoms with Gasteiger partial charge in [0.1, 0.15) is 0 Å². The number of hydrogen-bond acceptors (Lipinski definition) is 2. The third-order valence-corrected chi connectivity index (χ3v) is 4.30. The summed E-state index contributed by atoms with van der Waals surface area (Å²) in [4.78, 5) is 2.15. The molecule has 1 heterocycles. The van der Waals surface area contributed by atoms with E-state index >= 15 is 0 Å². The zero-order valence-electron chi connectivity index (χ0n) is 10.8. The van der Waals surface area contributed by atoms with Crippen molar-refractivity contribution in [2.75, 3.05) is 17.2 Å². The summed E-state index contributed by atoms with van der Waals surface area (Å²) >= 11 is 1.64. The minimum Gasteiger partial charge on any atom is -0.320 e. The number of rotatable bonds is 3. The van der Waals surface area contributed by atoms with Crippen LogP contribution in [0, 0.1) is 12.3 Å². The van der Waals surface area contributed by atoms with E-state index in [2.05, 4.69) is 43.9 Å². The summed E-state index contributed by atoms with van der Waals surface area (Å²) in [7, 11) is 0. The van der Waals surface area contributed by atoms with E-state index in [0.717, 1.165) is 18.7 Å². The average Bonchev–Trinajstić information content (AvgIpc) is 2.74. The maximum atomic E-state index is 8.00. The van der Waals surface area contributed by atoms with Crippen LogP contribution in [0.1, 0.15) is 37.3 Å². The summed E-state index contributed by atoms with van der Waals surface area (Å²) in [6.07, 6.45) is 1.14. The van der Waals surface area contributed by atoms with Crippen molar-refractivity contribution in [2.45, 2.75) is 33.1 Å². The molecule has 0 bridgehead atoms. The maximum absolute atomic E-state index is 8.00. The van der Waals surface area contributed by atoms with Crippen molar-refractivity contribution in [3.8, 4) is 0 Å². The van der Waals surface area contributed by atoms with Gasteiger partial charge in [-0.1, -0.05) is 37.7 Å². The van der Waals surface area contributed by atoms with Gasteiger partial charge in [-0.15, -0.1) is 0 Å². The standard InChI is InChI=1S/C14H20N2S/c1-4-11(3)12-6-5-10(2)9-13(12)16-7-8-17-14(16)15/h5-6,9,11,15H,4,7-8H2,1-3H3. The normalized spacial score (nSPS) is 17.6. The van der Waals surface area contributed by atoms with Gasteiger partial charge >= 0.3 is 0 Å². The number of nitrogens with one attached hydrogen (secondary N) is 1. The predicted octanol–water partition coefficient (Wildman–Crippen LogP) is 4.00. The van der Waals surface area contributed by atoms with Crippen LogP contribution in [0.2, 0.25) is 0 Å². The topological polar surface area (TPSA) is 27.1 Å². The molecular weight excluding hydrogens is 228 g/mol. The van der Waals surface area contributed by atoms with Gasteiger partial charge < -0.3 is 4.90 Å². The van der Waals surface area contributed by atoms with Crippen LogP contribution in [0.25, 0.3) is 0 Å². The Hall–Kier alpha value is -0.960. The molecule has 0 amide bonds. The third kappa shape index (κ3) is 2.49. The highest BCUT2D eigenvalue weighted by atomic mass is 32.2. The molecule has 1 fully saturated rings. The van der Waals surface area contributed by atoms with Gasteiger partial charge in [-0.05, 0) is 36.5 Å². The molecule has 0 aromatic heterocycles. The molecule has 17 heavy (non-hydrogen) atoms. The molecule has 1 saturated heterocycles. The number of hydrogen-bond donors (Lipinski definition) is 1. The molecule has 1 aliphatic heterocycles. The molecule has 1 unspecified atom stereocenters. The first-order valence-electron chi connectivity index (χ1n) is 6.23. The lowest BCUT2D eigenvalue weighted by Gasteiger charge is -2.24. The number of anilines is 1. The largest absolute Gasteiger partial charge is 0.320 e. The minimum absolute atomic E-state index is 0.559. The number of thioether (sulfide) groups is 1. The van der Waals surface area contributed by atoms with Gasteiger partial charge in [0.2, 0.25) is 0 Å². The Morgan fingerprint density at radius 3 is 2.82 bits per heavy atom. The van der Waals surface area contributed by atoms with Crippen LogP contribution in [0.3, 0.4) is 0 Å². The van der Waals surface area contributed by atoms with Crippen LogP contribution < -0.4 is 4.90 Å². The number of aryl methyl sites for hydroxylation is 1. The zero-order valence-corrected chi connectivity index (χ0v) is 11.6. The van der Waals surface area contributed by atoms with Gasteiger partial charge in [0.15, 0.2) is 5.17 Å². The maximum Gasteiger partial charge on any atom is 0.160 e. The molecule has 0 spiro atoms. The van der Waals surface area contributed by atoms with Crippen molar-refractivity contribution in [2.24, 2.45) is 0 Å². The Balaban J connectivity index is 2.42. The fraction of sp³-hybridized carbons (Fsp3) is 0.500. The second-order valence-electron chi connectivity index (χ2n) is 4.68. The predicted molar refractivity (Wildman–Crippen MR) is 77.4 cm³/mol. The molecule has 3 heteroatoms. The van der Waals surface area contributed by atoms with E-state index in [1.807, 2.05) is 0 Å². The quantitative estimate of drug-likeness (QED) is 0.875. The molecule has 2 nitrogen and oxygen atoms in total. The van der Waals surface area contributed by atoms with Crippen LogP contribution in [0.5, 0.6) is 0 Å². The molecule has 1 N–H and O–H groups in total. The van der Waals surface area contributed by atoms with E-state index in [0.29, 0.717) is 11.1 Å². The monoisotopic (exact) mass is 248 g/mol. The average molecular weight is 248 g/mol. The van der Waals surface area contributed by atoms with Crippen molar-refractivity contribution in [1.29, 1.82) is 5.41 Å². The van der Waals surface area contributed by atoms with Gasteiger partial charge in [0, 0.05) is 18.0 Å². The SMILES string of the molecule is CCC(C)c1ccc(C)cc1N1CCSC1=N. The Bertz CT molecular complexity index is 428. The molecule has 1 aromatic carbocycles. The molecule has 2 rings (SSSR count). The highest BCUT2D eigenvalue weighted by molar-refractivity contribution is 8.14. The molecular formula is C14H20N2S. The fourth-order valence-electron chi connectivity index (χ4n) is 2.17. The van der Waals surface area contributed by atoms with Crippen molar-refractivity contribution in [3.63, 3.8) is 0 Å². The lowest BCUT2D eigenvalue weighted by atomic mass is 9.95. The fourth-order valence-corrected chi connectivity index (χ4v) is 2.98. The van der Waals surface area contributed by atoms with E-state index in [9.17, 15) is 0 Å². The summed E-state index contributed by atoms with van der Waals surface area (Å²) in [6, 6.07) is 6.63. The zero-order chi connectivity index (χ0) is 12.4. The van der Waals surface area contributed by atoms with Crippen LogP contribution in [0.15, 0.2) is 18.2 Å². The van der Waals surface area contributed by atoms with Crippen molar-refractivity contribution in [3.05, 3.63) is 29.3 Å². The van der Waals surface area contributed by atoms with Crippen LogP contribution in [0.4, 0.5) is 5.69 Å². The Labute approximate surface area is 108 Å². The van der Waals surface area contributed by atoms with Crippen LogP contribution in [-0.4, -0.2) is 17.5 Å². The van der Waals surface area contributed by atoms with Gasteiger partial charge in [-0.3, -0.25) is 5.41 Å². The lowest BCUT2D eigenvalue weighted by molar-refractivity contribution is 0.732. The van der Waals surface area contributed by atoms with Gasteiger partial charge in [0.05, 0.1) is 0 Å². The number of nitrogens with zero attached hydrogens (tertiary/aromatic N) is 1. The van der Waals surface area contributed by atoms with E-state index in [-0.39, 0.29) is 0 Å². The van der Waals surface area contributed by atoms with Gasteiger partial charge in [-0.2, -0.15) is 0 Å². The van der Waals surface area contributed by atoms with E-state index in [1.165, 1.54) is 16.8 Å². The van der Waals surface area contributed by atoms with Crippen molar-refractivity contribution >= 4 is 22.6 Å². The number of amidine groups is 1. The summed E-state index contributed by atoms with van der Waals surface area (Å²) in [6.45, 7) is 7.58. The molecule has 1 aromatic rings. The van der Waals surface area contributed by atoms with E-state index in [1.54, 1.807) is 11.8 Å². The molecule has 0 aliphatic carbocycles. The molecule has 1 atom stereocenters. The van der Waals surface area contributed by atoms with Gasteiger partial charge in [-0.25, -0.2) is 0 Å². The molecule has 92 valence electrons. The first-order valence-corrected chi connectivity index (χ1v) is 7.21. The smallest absolute Gasteiger partial charge is 0.160 e. The third-order valence-electron chi connectivity index (χ3n) is 3.42. The summed E-state index contributed by atoms with van der Waals surface area (Å²) < 4.78 is 0. The lowest BCUT2D eigenvalue weighted by Crippen LogP contribution is -2.24. The van der Waals surface area contributed by atoms with Gasteiger partial charge in [0.25, 0.3) is 0 Å². The van der Waals surface area contributed by atoms with Crippen molar-refractivity contribution in [1.82, 2.24) is 0 Å². The Kier molecular flexibility index (Phi) is 3.77. The van der Waals surface area contributed by atoms with E-state index in [4.69, 9.17) is 5.41 Å². The molecule has 0 radical (unpaired) electrons. The van der Waals surface area contributed by atoms with E-state index < -0.39 is 0 Å². The minimum atomic E-state index is 0.559. The Morgan fingerprint density at radius 1 is 1.47 bits per heavy atom. The highest BCUT2D eigenvalue weighted by Crippen LogP contribution is 2.34. The molecule has 1 aliphatic rings. The first-order chi connectivity index (χ1) is 8.13.